The Morgan fingerprint density at radius 2 is 1.87 bits per heavy atom. The van der Waals surface area contributed by atoms with Crippen LogP contribution < -0.4 is 0 Å². The van der Waals surface area contributed by atoms with Crippen LogP contribution in [0.15, 0.2) is 0 Å². The Morgan fingerprint density at radius 1 is 1.27 bits per heavy atom. The molecule has 0 atom stereocenters. The molecule has 0 unspecified atom stereocenters. The summed E-state index contributed by atoms with van der Waals surface area (Å²) in [5.41, 5.74) is 2.31. The highest BCUT2D eigenvalue weighted by Crippen LogP contribution is 2.21. The van der Waals surface area contributed by atoms with E-state index in [9.17, 15) is 8.78 Å². The van der Waals surface area contributed by atoms with Gasteiger partial charge in [0.05, 0.1) is 5.69 Å². The lowest BCUT2D eigenvalue weighted by atomic mass is 10.0. The van der Waals surface area contributed by atoms with Crippen molar-refractivity contribution in [1.29, 1.82) is 0 Å². The molecule has 1 aromatic heterocycles. The van der Waals surface area contributed by atoms with Crippen molar-refractivity contribution < 1.29 is 8.78 Å². The van der Waals surface area contributed by atoms with Gasteiger partial charge in [-0.25, -0.2) is 4.68 Å². The summed E-state index contributed by atoms with van der Waals surface area (Å²) < 4.78 is 25.9. The van der Waals surface area contributed by atoms with Gasteiger partial charge in [0, 0.05) is 5.69 Å². The van der Waals surface area contributed by atoms with Gasteiger partial charge in [0.2, 0.25) is 0 Å². The molecule has 0 amide bonds. The van der Waals surface area contributed by atoms with E-state index in [2.05, 4.69) is 18.9 Å². The largest absolute Gasteiger partial charge is 0.333 e. The molecular formula is C11H18F2N2. The molecule has 1 rings (SSSR count). The van der Waals surface area contributed by atoms with Crippen LogP contribution in [-0.2, 0) is 6.42 Å². The maximum absolute atomic E-state index is 12.5. The number of rotatable bonds is 4. The first kappa shape index (κ1) is 12.1. The SMILES string of the molecule is Cc1nn(C(F)F)c(C)c1CCC(C)C. The fraction of sp³-hybridized carbons (Fsp3) is 0.727. The van der Waals surface area contributed by atoms with Crippen LogP contribution in [0.1, 0.15) is 43.8 Å². The van der Waals surface area contributed by atoms with Crippen LogP contribution in [-0.4, -0.2) is 9.78 Å². The molecule has 0 N–H and O–H groups in total. The summed E-state index contributed by atoms with van der Waals surface area (Å²) in [7, 11) is 0. The van der Waals surface area contributed by atoms with Crippen molar-refractivity contribution in [3.8, 4) is 0 Å². The lowest BCUT2D eigenvalue weighted by Gasteiger charge is -2.05. The third kappa shape index (κ3) is 2.76. The lowest BCUT2D eigenvalue weighted by Crippen LogP contribution is -2.03. The van der Waals surface area contributed by atoms with E-state index in [4.69, 9.17) is 0 Å². The molecule has 0 saturated carbocycles. The average Bonchev–Trinajstić information content (AvgIpc) is 2.39. The predicted molar refractivity (Wildman–Crippen MR) is 56.1 cm³/mol. The molecular weight excluding hydrogens is 198 g/mol. The topological polar surface area (TPSA) is 17.8 Å². The second-order valence-electron chi connectivity index (χ2n) is 4.30. The number of alkyl halides is 2. The summed E-state index contributed by atoms with van der Waals surface area (Å²) in [6.07, 6.45) is 1.85. The van der Waals surface area contributed by atoms with Gasteiger partial charge in [-0.05, 0) is 38.2 Å². The van der Waals surface area contributed by atoms with Crippen molar-refractivity contribution in [2.45, 2.75) is 47.1 Å². The van der Waals surface area contributed by atoms with Crippen LogP contribution in [0, 0.1) is 19.8 Å². The summed E-state index contributed by atoms with van der Waals surface area (Å²) in [6.45, 7) is 5.23. The van der Waals surface area contributed by atoms with Gasteiger partial charge in [-0.15, -0.1) is 0 Å². The first-order valence-corrected chi connectivity index (χ1v) is 5.26. The Labute approximate surface area is 89.3 Å². The van der Waals surface area contributed by atoms with Gasteiger partial charge in [-0.3, -0.25) is 0 Å². The zero-order valence-electron chi connectivity index (χ0n) is 9.72. The van der Waals surface area contributed by atoms with Crippen LogP contribution in [0.2, 0.25) is 0 Å². The number of hydrogen-bond donors (Lipinski definition) is 0. The van der Waals surface area contributed by atoms with Crippen molar-refractivity contribution in [3.63, 3.8) is 0 Å². The summed E-state index contributed by atoms with van der Waals surface area (Å²) >= 11 is 0. The molecule has 0 saturated heterocycles. The van der Waals surface area contributed by atoms with Crippen LogP contribution in [0.5, 0.6) is 0 Å². The van der Waals surface area contributed by atoms with Crippen molar-refractivity contribution in [3.05, 3.63) is 17.0 Å². The predicted octanol–water partition coefficient (Wildman–Crippen LogP) is 3.48. The second-order valence-corrected chi connectivity index (χ2v) is 4.30. The number of hydrogen-bond acceptors (Lipinski definition) is 1. The number of halogens is 2. The maximum Gasteiger partial charge on any atom is 0.333 e. The summed E-state index contributed by atoms with van der Waals surface area (Å²) in [4.78, 5) is 0. The first-order valence-electron chi connectivity index (χ1n) is 5.26. The molecule has 0 fully saturated rings. The van der Waals surface area contributed by atoms with Gasteiger partial charge >= 0.3 is 6.55 Å². The monoisotopic (exact) mass is 216 g/mol. The third-order valence-corrected chi connectivity index (χ3v) is 2.63. The molecule has 4 heteroatoms. The molecule has 0 radical (unpaired) electrons. The maximum atomic E-state index is 12.5. The van der Waals surface area contributed by atoms with Crippen molar-refractivity contribution in [2.24, 2.45) is 5.92 Å². The highest BCUT2D eigenvalue weighted by Gasteiger charge is 2.16. The van der Waals surface area contributed by atoms with Crippen LogP contribution in [0.4, 0.5) is 8.78 Å². The van der Waals surface area contributed by atoms with Crippen LogP contribution in [0.25, 0.3) is 0 Å². The first-order chi connectivity index (χ1) is 6.93. The Balaban J connectivity index is 2.88. The van der Waals surface area contributed by atoms with Crippen molar-refractivity contribution >= 4 is 0 Å². The highest BCUT2D eigenvalue weighted by molar-refractivity contribution is 5.24. The van der Waals surface area contributed by atoms with Gasteiger partial charge < -0.3 is 0 Å². The minimum Gasteiger partial charge on any atom is -0.208 e. The minimum absolute atomic E-state index is 0.582. The molecule has 0 aliphatic rings. The zero-order chi connectivity index (χ0) is 11.6. The highest BCUT2D eigenvalue weighted by atomic mass is 19.3. The Kier molecular flexibility index (Phi) is 3.83. The van der Waals surface area contributed by atoms with Gasteiger partial charge in [0.25, 0.3) is 0 Å². The van der Waals surface area contributed by atoms with E-state index >= 15 is 0 Å². The average molecular weight is 216 g/mol. The van der Waals surface area contributed by atoms with E-state index in [1.807, 2.05) is 0 Å². The standard InChI is InChI=1S/C11H18F2N2/c1-7(2)5-6-10-8(3)14-15(9(10)4)11(12)13/h7,11H,5-6H2,1-4H3. The fourth-order valence-electron chi connectivity index (χ4n) is 1.68. The normalized spacial score (nSPS) is 11.7. The zero-order valence-corrected chi connectivity index (χ0v) is 9.72. The molecule has 0 aliphatic carbocycles. The molecule has 1 heterocycles. The molecule has 1 aromatic rings. The third-order valence-electron chi connectivity index (χ3n) is 2.63. The summed E-state index contributed by atoms with van der Waals surface area (Å²) in [6, 6.07) is 0. The molecule has 0 aromatic carbocycles. The van der Waals surface area contributed by atoms with E-state index in [0.29, 0.717) is 11.6 Å². The fourth-order valence-corrected chi connectivity index (χ4v) is 1.68. The smallest absolute Gasteiger partial charge is 0.208 e. The van der Waals surface area contributed by atoms with Crippen molar-refractivity contribution in [2.75, 3.05) is 0 Å². The lowest BCUT2D eigenvalue weighted by molar-refractivity contribution is 0.0540. The quantitative estimate of drug-likeness (QED) is 0.753. The number of aromatic nitrogens is 2. The van der Waals surface area contributed by atoms with Gasteiger partial charge in [-0.1, -0.05) is 13.8 Å². The van der Waals surface area contributed by atoms with Crippen LogP contribution >= 0.6 is 0 Å². The van der Waals surface area contributed by atoms with Gasteiger partial charge in [0.15, 0.2) is 0 Å². The number of nitrogens with zero attached hydrogens (tertiary/aromatic N) is 2. The molecule has 0 bridgehead atoms. The Morgan fingerprint density at radius 3 is 2.27 bits per heavy atom. The van der Waals surface area contributed by atoms with Gasteiger partial charge in [0.1, 0.15) is 0 Å². The Bertz CT molecular complexity index is 330. The molecule has 15 heavy (non-hydrogen) atoms. The summed E-state index contributed by atoms with van der Waals surface area (Å²) in [5.74, 6) is 0.582. The van der Waals surface area contributed by atoms with E-state index in [1.165, 1.54) is 0 Å². The molecule has 86 valence electrons. The van der Waals surface area contributed by atoms with E-state index < -0.39 is 6.55 Å². The Hall–Kier alpha value is -0.930. The number of aryl methyl sites for hydroxylation is 1. The second kappa shape index (κ2) is 4.73. The van der Waals surface area contributed by atoms with E-state index in [1.54, 1.807) is 13.8 Å². The van der Waals surface area contributed by atoms with Crippen molar-refractivity contribution in [1.82, 2.24) is 9.78 Å². The molecule has 0 aliphatic heterocycles. The van der Waals surface area contributed by atoms with E-state index in [-0.39, 0.29) is 0 Å². The van der Waals surface area contributed by atoms with Gasteiger partial charge in [-0.2, -0.15) is 13.9 Å². The van der Waals surface area contributed by atoms with E-state index in [0.717, 1.165) is 28.8 Å². The minimum atomic E-state index is -2.53. The molecule has 0 spiro atoms. The molecule has 2 nitrogen and oxygen atoms in total. The van der Waals surface area contributed by atoms with Crippen LogP contribution in [0.3, 0.4) is 0 Å². The summed E-state index contributed by atoms with van der Waals surface area (Å²) in [5, 5.41) is 3.85.